The Bertz CT molecular complexity index is 184. The molecule has 1 aliphatic heterocycles. The van der Waals surface area contributed by atoms with Crippen molar-refractivity contribution in [1.82, 2.24) is 10.2 Å². The highest BCUT2D eigenvalue weighted by Crippen LogP contribution is 2.19. The number of aliphatic hydroxyl groups excluding tert-OH is 1. The number of β-amino-alcohol motifs (C(OH)–C–C–N with tert-alkyl or cyclic N) is 1. The number of thioether (sulfide) groups is 1. The Labute approximate surface area is 104 Å². The molecule has 1 fully saturated rings. The maximum absolute atomic E-state index is 9.95. The molecule has 2 atom stereocenters. The minimum Gasteiger partial charge on any atom is -0.391 e. The van der Waals surface area contributed by atoms with E-state index in [9.17, 15) is 5.11 Å². The van der Waals surface area contributed by atoms with Crippen LogP contribution in [0.15, 0.2) is 0 Å². The standard InChI is InChI=1S/C12H26N2OS/c1-10(2)11(3)16-9-12(15)8-14-6-4-13-5-7-14/h10-13,15H,4-9H2,1-3H3. The van der Waals surface area contributed by atoms with Gasteiger partial charge in [0.05, 0.1) is 6.10 Å². The van der Waals surface area contributed by atoms with E-state index < -0.39 is 0 Å². The molecule has 2 unspecified atom stereocenters. The minimum absolute atomic E-state index is 0.177. The summed E-state index contributed by atoms with van der Waals surface area (Å²) in [5, 5.41) is 13.9. The second kappa shape index (κ2) is 7.54. The summed E-state index contributed by atoms with van der Waals surface area (Å²) in [6, 6.07) is 0. The fraction of sp³-hybridized carbons (Fsp3) is 1.00. The van der Waals surface area contributed by atoms with Crippen molar-refractivity contribution < 1.29 is 5.11 Å². The number of aliphatic hydroxyl groups is 1. The lowest BCUT2D eigenvalue weighted by molar-refractivity contribution is 0.121. The molecular formula is C12H26N2OS. The smallest absolute Gasteiger partial charge is 0.0757 e. The Morgan fingerprint density at radius 3 is 2.44 bits per heavy atom. The van der Waals surface area contributed by atoms with Crippen molar-refractivity contribution in [3.8, 4) is 0 Å². The molecule has 1 heterocycles. The van der Waals surface area contributed by atoms with Gasteiger partial charge in [0.15, 0.2) is 0 Å². The van der Waals surface area contributed by atoms with Crippen molar-refractivity contribution in [2.24, 2.45) is 5.92 Å². The summed E-state index contributed by atoms with van der Waals surface area (Å²) < 4.78 is 0. The van der Waals surface area contributed by atoms with E-state index in [1.807, 2.05) is 11.8 Å². The first-order chi connectivity index (χ1) is 7.59. The Balaban J connectivity index is 2.12. The van der Waals surface area contributed by atoms with Crippen LogP contribution in [0.3, 0.4) is 0 Å². The maximum Gasteiger partial charge on any atom is 0.0757 e. The summed E-state index contributed by atoms with van der Waals surface area (Å²) in [6.07, 6.45) is -0.177. The second-order valence-corrected chi connectivity index (χ2v) is 6.40. The molecule has 0 radical (unpaired) electrons. The van der Waals surface area contributed by atoms with E-state index in [4.69, 9.17) is 0 Å². The number of rotatable bonds is 6. The molecule has 3 nitrogen and oxygen atoms in total. The lowest BCUT2D eigenvalue weighted by atomic mass is 10.2. The van der Waals surface area contributed by atoms with Gasteiger partial charge in [-0.25, -0.2) is 0 Å². The molecule has 2 N–H and O–H groups in total. The van der Waals surface area contributed by atoms with Gasteiger partial charge < -0.3 is 10.4 Å². The Morgan fingerprint density at radius 2 is 1.88 bits per heavy atom. The Kier molecular flexibility index (Phi) is 6.73. The topological polar surface area (TPSA) is 35.5 Å². The first-order valence-corrected chi connectivity index (χ1v) is 7.37. The number of nitrogens with one attached hydrogen (secondary N) is 1. The van der Waals surface area contributed by atoms with Gasteiger partial charge in [0.2, 0.25) is 0 Å². The Morgan fingerprint density at radius 1 is 1.25 bits per heavy atom. The first kappa shape index (κ1) is 14.3. The van der Waals surface area contributed by atoms with E-state index >= 15 is 0 Å². The van der Waals surface area contributed by atoms with Gasteiger partial charge in [0, 0.05) is 43.7 Å². The van der Waals surface area contributed by atoms with Crippen LogP contribution in [0.25, 0.3) is 0 Å². The highest BCUT2D eigenvalue weighted by atomic mass is 32.2. The molecule has 0 aliphatic carbocycles. The van der Waals surface area contributed by atoms with Crippen molar-refractivity contribution in [1.29, 1.82) is 0 Å². The fourth-order valence-corrected chi connectivity index (χ4v) is 2.72. The third kappa shape index (κ3) is 5.53. The van der Waals surface area contributed by atoms with Crippen LogP contribution in [-0.2, 0) is 0 Å². The lowest BCUT2D eigenvalue weighted by Crippen LogP contribution is -2.46. The number of nitrogens with zero attached hydrogens (tertiary/aromatic N) is 1. The third-order valence-corrected chi connectivity index (χ3v) is 4.82. The van der Waals surface area contributed by atoms with E-state index in [0.717, 1.165) is 38.5 Å². The van der Waals surface area contributed by atoms with Gasteiger partial charge in [-0.3, -0.25) is 4.90 Å². The monoisotopic (exact) mass is 246 g/mol. The van der Waals surface area contributed by atoms with Crippen LogP contribution in [0.1, 0.15) is 20.8 Å². The van der Waals surface area contributed by atoms with Crippen LogP contribution in [0.4, 0.5) is 0 Å². The molecule has 0 saturated carbocycles. The number of hydrogen-bond acceptors (Lipinski definition) is 4. The predicted octanol–water partition coefficient (Wildman–Crippen LogP) is 1.03. The van der Waals surface area contributed by atoms with Gasteiger partial charge >= 0.3 is 0 Å². The van der Waals surface area contributed by atoms with E-state index in [-0.39, 0.29) is 6.10 Å². The largest absolute Gasteiger partial charge is 0.391 e. The van der Waals surface area contributed by atoms with E-state index in [1.54, 1.807) is 0 Å². The molecule has 0 amide bonds. The van der Waals surface area contributed by atoms with Crippen LogP contribution < -0.4 is 5.32 Å². The van der Waals surface area contributed by atoms with Crippen molar-refractivity contribution in [3.63, 3.8) is 0 Å². The number of piperazine rings is 1. The highest BCUT2D eigenvalue weighted by molar-refractivity contribution is 7.99. The molecule has 1 saturated heterocycles. The molecule has 0 aromatic carbocycles. The lowest BCUT2D eigenvalue weighted by Gasteiger charge is -2.29. The highest BCUT2D eigenvalue weighted by Gasteiger charge is 2.16. The normalized spacial score (nSPS) is 22.3. The summed E-state index contributed by atoms with van der Waals surface area (Å²) in [7, 11) is 0. The van der Waals surface area contributed by atoms with Crippen LogP contribution >= 0.6 is 11.8 Å². The maximum atomic E-state index is 9.95. The summed E-state index contributed by atoms with van der Waals surface area (Å²) in [6.45, 7) is 11.8. The minimum atomic E-state index is -0.177. The Hall–Kier alpha value is 0.230. The van der Waals surface area contributed by atoms with Gasteiger partial charge in [-0.1, -0.05) is 20.8 Å². The fourth-order valence-electron chi connectivity index (χ4n) is 1.70. The third-order valence-electron chi connectivity index (χ3n) is 3.17. The molecule has 16 heavy (non-hydrogen) atoms. The van der Waals surface area contributed by atoms with Crippen LogP contribution in [0.5, 0.6) is 0 Å². The average molecular weight is 246 g/mol. The van der Waals surface area contributed by atoms with Gasteiger partial charge in [-0.2, -0.15) is 11.8 Å². The van der Waals surface area contributed by atoms with Crippen molar-refractivity contribution in [2.45, 2.75) is 32.1 Å². The molecule has 0 bridgehead atoms. The molecule has 4 heteroatoms. The predicted molar refractivity (Wildman–Crippen MR) is 72.1 cm³/mol. The summed E-state index contributed by atoms with van der Waals surface area (Å²) in [5.41, 5.74) is 0. The van der Waals surface area contributed by atoms with E-state index in [0.29, 0.717) is 11.2 Å². The molecule has 0 aromatic heterocycles. The zero-order valence-electron chi connectivity index (χ0n) is 10.8. The first-order valence-electron chi connectivity index (χ1n) is 6.32. The molecule has 0 spiro atoms. The van der Waals surface area contributed by atoms with Crippen molar-refractivity contribution >= 4 is 11.8 Å². The zero-order chi connectivity index (χ0) is 12.0. The summed E-state index contributed by atoms with van der Waals surface area (Å²) in [5.74, 6) is 1.56. The molecule has 0 aromatic rings. The average Bonchev–Trinajstić information content (AvgIpc) is 2.27. The quantitative estimate of drug-likeness (QED) is 0.734. The van der Waals surface area contributed by atoms with Crippen LogP contribution in [0.2, 0.25) is 0 Å². The number of hydrogen-bond donors (Lipinski definition) is 2. The van der Waals surface area contributed by atoms with E-state index in [1.165, 1.54) is 0 Å². The van der Waals surface area contributed by atoms with Gasteiger partial charge in [-0.15, -0.1) is 0 Å². The molecule has 1 rings (SSSR count). The van der Waals surface area contributed by atoms with Gasteiger partial charge in [-0.05, 0) is 5.92 Å². The molecule has 1 aliphatic rings. The van der Waals surface area contributed by atoms with Crippen molar-refractivity contribution in [2.75, 3.05) is 38.5 Å². The molecule has 96 valence electrons. The summed E-state index contributed by atoms with van der Waals surface area (Å²) >= 11 is 1.89. The van der Waals surface area contributed by atoms with Crippen LogP contribution in [-0.4, -0.2) is 59.8 Å². The summed E-state index contributed by atoms with van der Waals surface area (Å²) in [4.78, 5) is 2.35. The molecular weight excluding hydrogens is 220 g/mol. The van der Waals surface area contributed by atoms with Crippen LogP contribution in [0, 0.1) is 5.92 Å². The second-order valence-electron chi connectivity index (χ2n) is 4.99. The van der Waals surface area contributed by atoms with Gasteiger partial charge in [0.25, 0.3) is 0 Å². The van der Waals surface area contributed by atoms with Gasteiger partial charge in [0.1, 0.15) is 0 Å². The zero-order valence-corrected chi connectivity index (χ0v) is 11.6. The van der Waals surface area contributed by atoms with Crippen molar-refractivity contribution in [3.05, 3.63) is 0 Å². The van der Waals surface area contributed by atoms with E-state index in [2.05, 4.69) is 31.0 Å². The SMILES string of the molecule is CC(C)C(C)SCC(O)CN1CCNCC1.